The minimum absolute atomic E-state index is 0.0269. The Morgan fingerprint density at radius 3 is 2.88 bits per heavy atom. The van der Waals surface area contributed by atoms with Crippen LogP contribution in [0.15, 0.2) is 24.3 Å². The number of hydrogen-bond acceptors (Lipinski definition) is 3. The van der Waals surface area contributed by atoms with E-state index in [1.807, 2.05) is 24.3 Å². The zero-order valence-electron chi connectivity index (χ0n) is 8.78. The van der Waals surface area contributed by atoms with Crippen LogP contribution >= 0.6 is 23.4 Å². The average Bonchev–Trinajstić information content (AvgIpc) is 2.29. The number of aliphatic hydroxyl groups excluding tert-OH is 1. The lowest BCUT2D eigenvalue weighted by atomic mass is 10.2. The number of aliphatic hydroxyl groups is 1. The van der Waals surface area contributed by atoms with Crippen LogP contribution in [0.3, 0.4) is 0 Å². The van der Waals surface area contributed by atoms with Crippen molar-refractivity contribution in [2.75, 3.05) is 18.9 Å². The first-order chi connectivity index (χ1) is 7.74. The van der Waals surface area contributed by atoms with Crippen molar-refractivity contribution in [1.29, 1.82) is 0 Å². The van der Waals surface area contributed by atoms with Gasteiger partial charge in [-0.2, -0.15) is 0 Å². The van der Waals surface area contributed by atoms with Gasteiger partial charge in [-0.1, -0.05) is 29.8 Å². The van der Waals surface area contributed by atoms with E-state index < -0.39 is 0 Å². The fourth-order valence-electron chi connectivity index (χ4n) is 1.12. The molecule has 2 N–H and O–H groups in total. The molecule has 88 valence electrons. The Labute approximate surface area is 104 Å². The molecule has 0 radical (unpaired) electrons. The monoisotopic (exact) mass is 259 g/mol. The second-order valence-electron chi connectivity index (χ2n) is 3.16. The summed E-state index contributed by atoms with van der Waals surface area (Å²) < 4.78 is 0. The molecule has 0 fully saturated rings. The minimum Gasteiger partial charge on any atom is -0.395 e. The molecule has 3 nitrogen and oxygen atoms in total. The van der Waals surface area contributed by atoms with Gasteiger partial charge < -0.3 is 10.4 Å². The highest BCUT2D eigenvalue weighted by molar-refractivity contribution is 7.99. The van der Waals surface area contributed by atoms with Crippen LogP contribution in [-0.2, 0) is 10.5 Å². The van der Waals surface area contributed by atoms with E-state index >= 15 is 0 Å². The van der Waals surface area contributed by atoms with Crippen molar-refractivity contribution in [2.45, 2.75) is 5.75 Å². The predicted molar refractivity (Wildman–Crippen MR) is 67.7 cm³/mol. The molecule has 0 atom stereocenters. The molecule has 0 aliphatic rings. The van der Waals surface area contributed by atoms with Gasteiger partial charge in [0, 0.05) is 17.3 Å². The minimum atomic E-state index is -0.0638. The zero-order chi connectivity index (χ0) is 11.8. The van der Waals surface area contributed by atoms with Crippen LogP contribution in [0.4, 0.5) is 0 Å². The van der Waals surface area contributed by atoms with Crippen LogP contribution in [0.1, 0.15) is 5.56 Å². The van der Waals surface area contributed by atoms with Crippen LogP contribution < -0.4 is 5.32 Å². The molecular formula is C11H14ClNO2S. The van der Waals surface area contributed by atoms with E-state index in [0.29, 0.717) is 18.1 Å². The molecule has 0 bridgehead atoms. The summed E-state index contributed by atoms with van der Waals surface area (Å²) in [5, 5.41) is 11.8. The summed E-state index contributed by atoms with van der Waals surface area (Å²) in [7, 11) is 0. The van der Waals surface area contributed by atoms with Gasteiger partial charge in [-0.25, -0.2) is 0 Å². The van der Waals surface area contributed by atoms with Crippen LogP contribution in [-0.4, -0.2) is 29.9 Å². The molecule has 16 heavy (non-hydrogen) atoms. The van der Waals surface area contributed by atoms with Gasteiger partial charge in [0.2, 0.25) is 5.91 Å². The van der Waals surface area contributed by atoms with Crippen molar-refractivity contribution in [2.24, 2.45) is 0 Å². The quantitative estimate of drug-likeness (QED) is 0.817. The summed E-state index contributed by atoms with van der Waals surface area (Å²) in [6, 6.07) is 7.59. The second kappa shape index (κ2) is 7.54. The number of hydrogen-bond donors (Lipinski definition) is 2. The van der Waals surface area contributed by atoms with Crippen molar-refractivity contribution in [3.63, 3.8) is 0 Å². The highest BCUT2D eigenvalue weighted by atomic mass is 35.5. The summed E-state index contributed by atoms with van der Waals surface area (Å²) in [5.74, 6) is 1.03. The zero-order valence-corrected chi connectivity index (χ0v) is 10.4. The fourth-order valence-corrected chi connectivity index (χ4v) is 2.26. The summed E-state index contributed by atoms with van der Waals surface area (Å²) >= 11 is 7.48. The van der Waals surface area contributed by atoms with E-state index in [9.17, 15) is 4.79 Å². The lowest BCUT2D eigenvalue weighted by molar-refractivity contribution is -0.118. The van der Waals surface area contributed by atoms with Crippen LogP contribution in [0, 0.1) is 0 Å². The highest BCUT2D eigenvalue weighted by Crippen LogP contribution is 2.20. The van der Waals surface area contributed by atoms with Gasteiger partial charge >= 0.3 is 0 Å². The Balaban J connectivity index is 2.25. The van der Waals surface area contributed by atoms with E-state index in [-0.39, 0.29) is 12.5 Å². The molecule has 5 heteroatoms. The van der Waals surface area contributed by atoms with Gasteiger partial charge in [0.05, 0.1) is 12.4 Å². The molecule has 0 aliphatic heterocycles. The first kappa shape index (κ1) is 13.4. The number of thioether (sulfide) groups is 1. The maximum Gasteiger partial charge on any atom is 0.230 e. The number of halogens is 1. The number of amides is 1. The molecule has 1 rings (SSSR count). The van der Waals surface area contributed by atoms with Crippen LogP contribution in [0.5, 0.6) is 0 Å². The van der Waals surface area contributed by atoms with E-state index in [2.05, 4.69) is 5.32 Å². The summed E-state index contributed by atoms with van der Waals surface area (Å²) in [4.78, 5) is 11.2. The van der Waals surface area contributed by atoms with Crippen molar-refractivity contribution in [1.82, 2.24) is 5.32 Å². The molecule has 0 aromatic heterocycles. The summed E-state index contributed by atoms with van der Waals surface area (Å²) in [5.41, 5.74) is 1.03. The van der Waals surface area contributed by atoms with Crippen LogP contribution in [0.25, 0.3) is 0 Å². The lowest BCUT2D eigenvalue weighted by Gasteiger charge is -2.04. The Bertz CT molecular complexity index is 347. The van der Waals surface area contributed by atoms with Gasteiger partial charge in [0.15, 0.2) is 0 Å². The smallest absolute Gasteiger partial charge is 0.230 e. The molecule has 0 heterocycles. The molecule has 1 aromatic carbocycles. The Kier molecular flexibility index (Phi) is 6.30. The number of carbonyl (C=O) groups is 1. The maximum absolute atomic E-state index is 11.2. The van der Waals surface area contributed by atoms with Crippen molar-refractivity contribution < 1.29 is 9.90 Å². The summed E-state index contributed by atoms with van der Waals surface area (Å²) in [6.07, 6.45) is 0. The average molecular weight is 260 g/mol. The van der Waals surface area contributed by atoms with Gasteiger partial charge in [-0.3, -0.25) is 4.79 Å². The fraction of sp³-hybridized carbons (Fsp3) is 0.364. The number of rotatable bonds is 6. The molecule has 1 amide bonds. The second-order valence-corrected chi connectivity index (χ2v) is 4.55. The van der Waals surface area contributed by atoms with Gasteiger partial charge in [0.25, 0.3) is 0 Å². The molecule has 0 unspecified atom stereocenters. The van der Waals surface area contributed by atoms with Gasteiger partial charge in [-0.15, -0.1) is 11.8 Å². The predicted octanol–water partition coefficient (Wildman–Crippen LogP) is 1.68. The molecular weight excluding hydrogens is 246 g/mol. The third-order valence-electron chi connectivity index (χ3n) is 1.88. The Morgan fingerprint density at radius 1 is 1.44 bits per heavy atom. The van der Waals surface area contributed by atoms with Gasteiger partial charge in [0.1, 0.15) is 0 Å². The van der Waals surface area contributed by atoms with E-state index in [1.54, 1.807) is 0 Å². The Hall–Kier alpha value is -0.710. The first-order valence-corrected chi connectivity index (χ1v) is 6.46. The number of benzene rings is 1. The largest absolute Gasteiger partial charge is 0.395 e. The van der Waals surface area contributed by atoms with Crippen molar-refractivity contribution in [3.8, 4) is 0 Å². The van der Waals surface area contributed by atoms with Crippen LogP contribution in [0.2, 0.25) is 5.02 Å². The molecule has 1 aromatic rings. The molecule has 0 saturated heterocycles. The normalized spacial score (nSPS) is 10.1. The summed E-state index contributed by atoms with van der Waals surface area (Å²) in [6.45, 7) is 0.284. The first-order valence-electron chi connectivity index (χ1n) is 4.92. The van der Waals surface area contributed by atoms with Gasteiger partial charge in [-0.05, 0) is 11.6 Å². The molecule has 0 saturated carbocycles. The van der Waals surface area contributed by atoms with E-state index in [0.717, 1.165) is 10.6 Å². The lowest BCUT2D eigenvalue weighted by Crippen LogP contribution is -2.27. The van der Waals surface area contributed by atoms with Crippen molar-refractivity contribution >= 4 is 29.3 Å². The van der Waals surface area contributed by atoms with E-state index in [1.165, 1.54) is 11.8 Å². The third kappa shape index (κ3) is 4.88. The number of carbonyl (C=O) groups excluding carboxylic acids is 1. The topological polar surface area (TPSA) is 49.3 Å². The highest BCUT2D eigenvalue weighted by Gasteiger charge is 2.02. The Morgan fingerprint density at radius 2 is 2.19 bits per heavy atom. The molecule has 0 aliphatic carbocycles. The molecule has 0 spiro atoms. The number of nitrogens with one attached hydrogen (secondary N) is 1. The third-order valence-corrected chi connectivity index (χ3v) is 3.23. The van der Waals surface area contributed by atoms with Crippen molar-refractivity contribution in [3.05, 3.63) is 34.9 Å². The SMILES string of the molecule is O=C(CSCc1ccccc1Cl)NCCO. The standard InChI is InChI=1S/C11H14ClNO2S/c12-10-4-2-1-3-9(10)7-16-8-11(15)13-5-6-14/h1-4,14H,5-8H2,(H,13,15). The maximum atomic E-state index is 11.2. The van der Waals surface area contributed by atoms with E-state index in [4.69, 9.17) is 16.7 Å².